The van der Waals surface area contributed by atoms with Crippen LogP contribution in [-0.2, 0) is 0 Å². The van der Waals surface area contributed by atoms with E-state index in [2.05, 4.69) is 5.32 Å². The Hall–Kier alpha value is -2.04. The second kappa shape index (κ2) is 7.99. The van der Waals surface area contributed by atoms with Gasteiger partial charge in [-0.25, -0.2) is 0 Å². The smallest absolute Gasteiger partial charge is 0.255 e. The zero-order valence-electron chi connectivity index (χ0n) is 13.3. The fourth-order valence-corrected chi connectivity index (χ4v) is 2.32. The van der Waals surface area contributed by atoms with Crippen molar-refractivity contribution >= 4 is 17.5 Å². The minimum absolute atomic E-state index is 0.0331. The van der Waals surface area contributed by atoms with E-state index in [9.17, 15) is 4.79 Å². The summed E-state index contributed by atoms with van der Waals surface area (Å²) in [7, 11) is 0. The number of nitrogens with one attached hydrogen (secondary N) is 1. The zero-order chi connectivity index (χ0) is 16.8. The lowest BCUT2D eigenvalue weighted by Crippen LogP contribution is -2.32. The predicted molar refractivity (Wildman–Crippen MR) is 92.9 cm³/mol. The third-order valence-electron chi connectivity index (χ3n) is 3.26. The largest absolute Gasteiger partial charge is 0.490 e. The van der Waals surface area contributed by atoms with Gasteiger partial charge in [0.15, 0.2) is 0 Å². The van der Waals surface area contributed by atoms with Crippen LogP contribution in [0.1, 0.15) is 35.8 Å². The van der Waals surface area contributed by atoms with Crippen molar-refractivity contribution in [3.63, 3.8) is 0 Å². The molecule has 0 aliphatic carbocycles. The first kappa shape index (κ1) is 17.3. The number of amides is 1. The monoisotopic (exact) mass is 332 g/mol. The highest BCUT2D eigenvalue weighted by atomic mass is 35.5. The standard InChI is InChI=1S/C18H21ClN2O2/c1-12(2)23-17-9-8-14(19)10-15(17)18(22)21-11-16(20)13-6-4-3-5-7-13/h3-10,12,16H,11,20H2,1-2H3,(H,21,22). The van der Waals surface area contributed by atoms with Crippen LogP contribution in [0.25, 0.3) is 0 Å². The van der Waals surface area contributed by atoms with Gasteiger partial charge in [0, 0.05) is 17.6 Å². The Bertz CT molecular complexity index is 659. The number of rotatable bonds is 6. The Morgan fingerprint density at radius 1 is 1.22 bits per heavy atom. The predicted octanol–water partition coefficient (Wildman–Crippen LogP) is 3.56. The van der Waals surface area contributed by atoms with E-state index < -0.39 is 0 Å². The van der Waals surface area contributed by atoms with E-state index in [-0.39, 0.29) is 18.1 Å². The number of halogens is 1. The lowest BCUT2D eigenvalue weighted by Gasteiger charge is -2.16. The van der Waals surface area contributed by atoms with Gasteiger partial charge in [0.1, 0.15) is 5.75 Å². The van der Waals surface area contributed by atoms with Crippen molar-refractivity contribution in [2.45, 2.75) is 26.0 Å². The Morgan fingerprint density at radius 2 is 1.91 bits per heavy atom. The molecular weight excluding hydrogens is 312 g/mol. The molecule has 1 amide bonds. The van der Waals surface area contributed by atoms with Crippen LogP contribution in [0.5, 0.6) is 5.75 Å². The van der Waals surface area contributed by atoms with Crippen molar-refractivity contribution in [2.24, 2.45) is 5.73 Å². The summed E-state index contributed by atoms with van der Waals surface area (Å²) in [6, 6.07) is 14.4. The van der Waals surface area contributed by atoms with Gasteiger partial charge < -0.3 is 15.8 Å². The summed E-state index contributed by atoms with van der Waals surface area (Å²) in [5.41, 5.74) is 7.48. The number of ether oxygens (including phenoxy) is 1. The summed E-state index contributed by atoms with van der Waals surface area (Å²) in [5.74, 6) is 0.254. The van der Waals surface area contributed by atoms with E-state index in [0.29, 0.717) is 22.9 Å². The number of carbonyl (C=O) groups excluding carboxylic acids is 1. The molecule has 2 aromatic carbocycles. The molecule has 0 heterocycles. The summed E-state index contributed by atoms with van der Waals surface area (Å²) in [4.78, 5) is 12.4. The van der Waals surface area contributed by atoms with Gasteiger partial charge >= 0.3 is 0 Å². The Labute approximate surface area is 141 Å². The van der Waals surface area contributed by atoms with Crippen molar-refractivity contribution in [3.8, 4) is 5.75 Å². The van der Waals surface area contributed by atoms with Crippen LogP contribution in [0.2, 0.25) is 5.02 Å². The van der Waals surface area contributed by atoms with Gasteiger partial charge in [0.25, 0.3) is 5.91 Å². The van der Waals surface area contributed by atoms with E-state index in [1.54, 1.807) is 18.2 Å². The van der Waals surface area contributed by atoms with Gasteiger partial charge in [0.2, 0.25) is 0 Å². The molecule has 0 saturated heterocycles. The molecule has 0 radical (unpaired) electrons. The fraction of sp³-hybridized carbons (Fsp3) is 0.278. The minimum Gasteiger partial charge on any atom is -0.490 e. The van der Waals surface area contributed by atoms with Crippen LogP contribution in [-0.4, -0.2) is 18.6 Å². The van der Waals surface area contributed by atoms with Crippen molar-refractivity contribution in [1.82, 2.24) is 5.32 Å². The van der Waals surface area contributed by atoms with Gasteiger partial charge in [0.05, 0.1) is 11.7 Å². The molecule has 5 heteroatoms. The maximum Gasteiger partial charge on any atom is 0.255 e. The van der Waals surface area contributed by atoms with Crippen molar-refractivity contribution in [3.05, 3.63) is 64.7 Å². The van der Waals surface area contributed by atoms with Crippen LogP contribution in [0, 0.1) is 0 Å². The summed E-state index contributed by atoms with van der Waals surface area (Å²) < 4.78 is 5.66. The first-order valence-electron chi connectivity index (χ1n) is 7.52. The Balaban J connectivity index is 2.07. The van der Waals surface area contributed by atoms with Gasteiger partial charge in [-0.05, 0) is 37.6 Å². The number of hydrogen-bond donors (Lipinski definition) is 2. The zero-order valence-corrected chi connectivity index (χ0v) is 14.0. The van der Waals surface area contributed by atoms with Crippen LogP contribution in [0.3, 0.4) is 0 Å². The number of hydrogen-bond acceptors (Lipinski definition) is 3. The molecule has 0 fully saturated rings. The van der Waals surface area contributed by atoms with Crippen molar-refractivity contribution in [1.29, 1.82) is 0 Å². The SMILES string of the molecule is CC(C)Oc1ccc(Cl)cc1C(=O)NCC(N)c1ccccc1. The highest BCUT2D eigenvalue weighted by Crippen LogP contribution is 2.24. The van der Waals surface area contributed by atoms with E-state index >= 15 is 0 Å². The maximum atomic E-state index is 12.4. The molecule has 0 saturated carbocycles. The summed E-state index contributed by atoms with van der Waals surface area (Å²) in [6.45, 7) is 4.14. The van der Waals surface area contributed by atoms with Gasteiger partial charge in [-0.1, -0.05) is 41.9 Å². The molecule has 0 spiro atoms. The van der Waals surface area contributed by atoms with Crippen molar-refractivity contribution in [2.75, 3.05) is 6.54 Å². The Morgan fingerprint density at radius 3 is 2.57 bits per heavy atom. The second-order valence-corrected chi connectivity index (χ2v) is 5.97. The molecule has 0 aliphatic rings. The van der Waals surface area contributed by atoms with E-state index in [1.165, 1.54) is 0 Å². The first-order valence-corrected chi connectivity index (χ1v) is 7.90. The molecule has 0 aromatic heterocycles. The molecule has 1 unspecified atom stereocenters. The molecule has 2 rings (SSSR count). The van der Waals surface area contributed by atoms with Crippen molar-refractivity contribution < 1.29 is 9.53 Å². The number of carbonyl (C=O) groups is 1. The summed E-state index contributed by atoms with van der Waals surface area (Å²) in [6.07, 6.45) is -0.0331. The molecule has 3 N–H and O–H groups in total. The molecule has 2 aromatic rings. The van der Waals surface area contributed by atoms with Gasteiger partial charge in [-0.15, -0.1) is 0 Å². The third kappa shape index (κ3) is 4.98. The average molecular weight is 333 g/mol. The minimum atomic E-state index is -0.270. The van der Waals surface area contributed by atoms with E-state index in [0.717, 1.165) is 5.56 Å². The molecule has 23 heavy (non-hydrogen) atoms. The fourth-order valence-electron chi connectivity index (χ4n) is 2.15. The lowest BCUT2D eigenvalue weighted by atomic mass is 10.1. The molecular formula is C18H21ClN2O2. The lowest BCUT2D eigenvalue weighted by molar-refractivity contribution is 0.0945. The second-order valence-electron chi connectivity index (χ2n) is 5.53. The van der Waals surface area contributed by atoms with Crippen LogP contribution < -0.4 is 15.8 Å². The maximum absolute atomic E-state index is 12.4. The molecule has 122 valence electrons. The summed E-state index contributed by atoms with van der Waals surface area (Å²) >= 11 is 6.00. The topological polar surface area (TPSA) is 64.3 Å². The van der Waals surface area contributed by atoms with Gasteiger partial charge in [-0.3, -0.25) is 4.79 Å². The number of nitrogens with two attached hydrogens (primary N) is 1. The first-order chi connectivity index (χ1) is 11.0. The highest BCUT2D eigenvalue weighted by Gasteiger charge is 2.15. The molecule has 4 nitrogen and oxygen atoms in total. The highest BCUT2D eigenvalue weighted by molar-refractivity contribution is 6.31. The number of benzene rings is 2. The van der Waals surface area contributed by atoms with Gasteiger partial charge in [-0.2, -0.15) is 0 Å². The third-order valence-corrected chi connectivity index (χ3v) is 3.49. The van der Waals surface area contributed by atoms with E-state index in [4.69, 9.17) is 22.1 Å². The van der Waals surface area contributed by atoms with Crippen LogP contribution >= 0.6 is 11.6 Å². The molecule has 1 atom stereocenters. The van der Waals surface area contributed by atoms with Crippen LogP contribution in [0.15, 0.2) is 48.5 Å². The van der Waals surface area contributed by atoms with Crippen LogP contribution in [0.4, 0.5) is 0 Å². The molecule has 0 aliphatic heterocycles. The van der Waals surface area contributed by atoms with E-state index in [1.807, 2.05) is 44.2 Å². The Kier molecular flexibility index (Phi) is 6.02. The average Bonchev–Trinajstić information content (AvgIpc) is 2.54. The molecule has 0 bridgehead atoms. The quantitative estimate of drug-likeness (QED) is 0.850. The normalized spacial score (nSPS) is 12.0. The summed E-state index contributed by atoms with van der Waals surface area (Å²) in [5, 5.41) is 3.32.